The van der Waals surface area contributed by atoms with E-state index in [0.29, 0.717) is 6.54 Å². The van der Waals surface area contributed by atoms with Crippen molar-refractivity contribution in [3.63, 3.8) is 0 Å². The van der Waals surface area contributed by atoms with Gasteiger partial charge in [-0.05, 0) is 47.9 Å². The molecule has 144 valence electrons. The standard InChI is InChI=1S/C25H28N2O/c1-18-12-13-21(16-19(18)2)25(28)26-17-24(27-14-5-6-15-27)23-11-7-9-20-8-3-4-10-22(20)23/h3-4,7-13,16,24H,5-6,14-15,17H2,1-2H3,(H,26,28)/p+1/t24-/m0/s1. The van der Waals surface area contributed by atoms with Gasteiger partial charge in [0.1, 0.15) is 6.04 Å². The summed E-state index contributed by atoms with van der Waals surface area (Å²) in [4.78, 5) is 14.4. The van der Waals surface area contributed by atoms with E-state index in [4.69, 9.17) is 0 Å². The lowest BCUT2D eigenvalue weighted by molar-refractivity contribution is -0.918. The summed E-state index contributed by atoms with van der Waals surface area (Å²) in [6.07, 6.45) is 2.53. The molecule has 3 nitrogen and oxygen atoms in total. The molecular weight excluding hydrogens is 344 g/mol. The van der Waals surface area contributed by atoms with Gasteiger partial charge in [-0.25, -0.2) is 0 Å². The molecule has 28 heavy (non-hydrogen) atoms. The Balaban J connectivity index is 1.60. The van der Waals surface area contributed by atoms with E-state index in [1.807, 2.05) is 18.2 Å². The van der Waals surface area contributed by atoms with Crippen LogP contribution in [-0.2, 0) is 0 Å². The fraction of sp³-hybridized carbons (Fsp3) is 0.320. The van der Waals surface area contributed by atoms with Crippen LogP contribution < -0.4 is 10.2 Å². The summed E-state index contributed by atoms with van der Waals surface area (Å²) in [5.74, 6) is 0.0203. The average molecular weight is 374 g/mol. The number of carbonyl (C=O) groups is 1. The lowest BCUT2D eigenvalue weighted by Crippen LogP contribution is -3.11. The lowest BCUT2D eigenvalue weighted by Gasteiger charge is -2.26. The molecular formula is C25H29N2O+. The number of hydrogen-bond donors (Lipinski definition) is 2. The highest BCUT2D eigenvalue weighted by molar-refractivity contribution is 5.94. The third-order valence-corrected chi connectivity index (χ3v) is 6.17. The summed E-state index contributed by atoms with van der Waals surface area (Å²) >= 11 is 0. The van der Waals surface area contributed by atoms with E-state index in [-0.39, 0.29) is 11.9 Å². The van der Waals surface area contributed by atoms with Crippen molar-refractivity contribution < 1.29 is 9.69 Å². The zero-order valence-electron chi connectivity index (χ0n) is 16.8. The number of quaternary nitrogens is 1. The Labute approximate surface area is 167 Å². The highest BCUT2D eigenvalue weighted by Gasteiger charge is 2.29. The SMILES string of the molecule is Cc1ccc(C(=O)NC[C@@H](c2cccc3ccccc23)[NH+]2CCCC2)cc1C. The van der Waals surface area contributed by atoms with Crippen LogP contribution in [-0.4, -0.2) is 25.5 Å². The number of benzene rings is 3. The largest absolute Gasteiger partial charge is 0.346 e. The van der Waals surface area contributed by atoms with Crippen LogP contribution in [0.4, 0.5) is 0 Å². The van der Waals surface area contributed by atoms with Crippen molar-refractivity contribution in [1.82, 2.24) is 5.32 Å². The molecule has 1 atom stereocenters. The van der Waals surface area contributed by atoms with Crippen molar-refractivity contribution in [2.75, 3.05) is 19.6 Å². The van der Waals surface area contributed by atoms with Gasteiger partial charge in [0.15, 0.2) is 0 Å². The van der Waals surface area contributed by atoms with E-state index in [1.54, 1.807) is 4.90 Å². The minimum absolute atomic E-state index is 0.0203. The van der Waals surface area contributed by atoms with Crippen LogP contribution in [0.2, 0.25) is 0 Å². The van der Waals surface area contributed by atoms with Crippen molar-refractivity contribution in [3.8, 4) is 0 Å². The first-order chi connectivity index (χ1) is 13.6. The molecule has 0 unspecified atom stereocenters. The molecule has 3 aromatic rings. The number of carbonyl (C=O) groups excluding carboxylic acids is 1. The first kappa shape index (κ1) is 18.7. The van der Waals surface area contributed by atoms with Gasteiger partial charge >= 0.3 is 0 Å². The number of fused-ring (bicyclic) bond motifs is 1. The van der Waals surface area contributed by atoms with Crippen molar-refractivity contribution >= 4 is 16.7 Å². The van der Waals surface area contributed by atoms with Gasteiger partial charge in [-0.3, -0.25) is 4.79 Å². The van der Waals surface area contributed by atoms with Gasteiger partial charge in [0.25, 0.3) is 5.91 Å². The summed E-state index contributed by atoms with van der Waals surface area (Å²) in [6, 6.07) is 21.3. The first-order valence-corrected chi connectivity index (χ1v) is 10.3. The van der Waals surface area contributed by atoms with Crippen LogP contribution in [0.1, 0.15) is 45.9 Å². The molecule has 0 bridgehead atoms. The summed E-state index contributed by atoms with van der Waals surface area (Å²) in [6.45, 7) is 7.14. The van der Waals surface area contributed by atoms with E-state index < -0.39 is 0 Å². The van der Waals surface area contributed by atoms with Crippen molar-refractivity contribution in [3.05, 3.63) is 82.9 Å². The maximum absolute atomic E-state index is 12.8. The van der Waals surface area contributed by atoms with E-state index >= 15 is 0 Å². The molecule has 0 saturated carbocycles. The predicted molar refractivity (Wildman–Crippen MR) is 115 cm³/mol. The summed E-state index contributed by atoms with van der Waals surface area (Å²) in [7, 11) is 0. The maximum atomic E-state index is 12.8. The molecule has 4 rings (SSSR count). The third kappa shape index (κ3) is 3.81. The Morgan fingerprint density at radius 1 is 0.964 bits per heavy atom. The van der Waals surface area contributed by atoms with E-state index in [1.165, 1.54) is 47.8 Å². The number of nitrogens with one attached hydrogen (secondary N) is 2. The van der Waals surface area contributed by atoms with Crippen molar-refractivity contribution in [2.45, 2.75) is 32.7 Å². The molecule has 1 saturated heterocycles. The molecule has 3 aromatic carbocycles. The summed E-state index contributed by atoms with van der Waals surface area (Å²) in [5.41, 5.74) is 4.46. The highest BCUT2D eigenvalue weighted by atomic mass is 16.1. The minimum Gasteiger partial charge on any atom is -0.346 e. The number of hydrogen-bond acceptors (Lipinski definition) is 1. The molecule has 0 spiro atoms. The van der Waals surface area contributed by atoms with E-state index in [9.17, 15) is 4.79 Å². The van der Waals surface area contributed by atoms with Crippen LogP contribution >= 0.6 is 0 Å². The van der Waals surface area contributed by atoms with Gasteiger partial charge in [0.05, 0.1) is 19.6 Å². The minimum atomic E-state index is 0.0203. The van der Waals surface area contributed by atoms with E-state index in [0.717, 1.165) is 11.1 Å². The summed E-state index contributed by atoms with van der Waals surface area (Å²) in [5, 5.41) is 5.79. The zero-order valence-corrected chi connectivity index (χ0v) is 16.8. The first-order valence-electron chi connectivity index (χ1n) is 10.3. The second kappa shape index (κ2) is 8.15. The van der Waals surface area contributed by atoms with Gasteiger partial charge in [0.2, 0.25) is 0 Å². The molecule has 1 aliphatic heterocycles. The number of likely N-dealkylation sites (tertiary alicyclic amines) is 1. The van der Waals surface area contributed by atoms with Crippen LogP contribution in [0.15, 0.2) is 60.7 Å². The van der Waals surface area contributed by atoms with Gasteiger partial charge < -0.3 is 10.2 Å². The molecule has 2 N–H and O–H groups in total. The second-order valence-electron chi connectivity index (χ2n) is 8.00. The third-order valence-electron chi connectivity index (χ3n) is 6.17. The van der Waals surface area contributed by atoms with Crippen LogP contribution in [0, 0.1) is 13.8 Å². The molecule has 0 radical (unpaired) electrons. The molecule has 0 aliphatic carbocycles. The predicted octanol–water partition coefficient (Wildman–Crippen LogP) is 3.61. The van der Waals surface area contributed by atoms with Crippen LogP contribution in [0.3, 0.4) is 0 Å². The van der Waals surface area contributed by atoms with Crippen molar-refractivity contribution in [2.24, 2.45) is 0 Å². The van der Waals surface area contributed by atoms with E-state index in [2.05, 4.69) is 61.6 Å². The fourth-order valence-electron chi connectivity index (χ4n) is 4.39. The van der Waals surface area contributed by atoms with Gasteiger partial charge in [-0.1, -0.05) is 48.5 Å². The van der Waals surface area contributed by atoms with Gasteiger partial charge in [-0.15, -0.1) is 0 Å². The van der Waals surface area contributed by atoms with Gasteiger partial charge in [-0.2, -0.15) is 0 Å². The van der Waals surface area contributed by atoms with Crippen LogP contribution in [0.5, 0.6) is 0 Å². The number of amides is 1. The summed E-state index contributed by atoms with van der Waals surface area (Å²) < 4.78 is 0. The smallest absolute Gasteiger partial charge is 0.251 e. The number of rotatable bonds is 5. The Morgan fingerprint density at radius 3 is 2.50 bits per heavy atom. The molecule has 1 heterocycles. The zero-order chi connectivity index (χ0) is 19.5. The fourth-order valence-corrected chi connectivity index (χ4v) is 4.39. The number of aryl methyl sites for hydroxylation is 2. The molecule has 3 heteroatoms. The monoisotopic (exact) mass is 373 g/mol. The van der Waals surface area contributed by atoms with Crippen molar-refractivity contribution in [1.29, 1.82) is 0 Å². The quantitative estimate of drug-likeness (QED) is 0.704. The lowest BCUT2D eigenvalue weighted by atomic mass is 9.97. The Kier molecular flexibility index (Phi) is 5.45. The molecule has 1 amide bonds. The highest BCUT2D eigenvalue weighted by Crippen LogP contribution is 2.23. The maximum Gasteiger partial charge on any atom is 0.251 e. The average Bonchev–Trinajstić information content (AvgIpc) is 3.25. The Bertz CT molecular complexity index is 984. The second-order valence-corrected chi connectivity index (χ2v) is 8.00. The van der Waals surface area contributed by atoms with Crippen LogP contribution in [0.25, 0.3) is 10.8 Å². The topological polar surface area (TPSA) is 33.5 Å². The Hall–Kier alpha value is -2.65. The molecule has 1 fully saturated rings. The Morgan fingerprint density at radius 2 is 1.71 bits per heavy atom. The molecule has 1 aliphatic rings. The normalized spacial score (nSPS) is 15.6. The van der Waals surface area contributed by atoms with Gasteiger partial charge in [0, 0.05) is 24.0 Å². The molecule has 0 aromatic heterocycles.